The van der Waals surface area contributed by atoms with Gasteiger partial charge in [0.25, 0.3) is 0 Å². The van der Waals surface area contributed by atoms with Crippen molar-refractivity contribution in [3.05, 3.63) is 291 Å². The van der Waals surface area contributed by atoms with Crippen molar-refractivity contribution in [1.29, 1.82) is 0 Å². The summed E-state index contributed by atoms with van der Waals surface area (Å²) in [6.07, 6.45) is 0. The second-order valence-electron chi connectivity index (χ2n) is 25.1. The Morgan fingerprint density at radius 2 is 0.367 bits per heavy atom. The third-order valence-electron chi connectivity index (χ3n) is 18.4. The van der Waals surface area contributed by atoms with Crippen LogP contribution in [0.15, 0.2) is 291 Å². The van der Waals surface area contributed by atoms with E-state index in [0.717, 1.165) is 89.8 Å². The van der Waals surface area contributed by atoms with Crippen molar-refractivity contribution in [2.75, 3.05) is 19.6 Å². The number of hydrogen-bond acceptors (Lipinski definition) is 4. The van der Waals surface area contributed by atoms with Crippen molar-refractivity contribution in [3.8, 4) is 0 Å². The number of benzene rings is 13. The number of rotatable bonds is 18. The first kappa shape index (κ1) is 60.0. The van der Waals surface area contributed by atoms with Crippen molar-refractivity contribution < 1.29 is 0 Å². The van der Waals surface area contributed by atoms with Crippen LogP contribution in [0.5, 0.6) is 0 Å². The van der Waals surface area contributed by atoms with Crippen LogP contribution in [0.1, 0.15) is 55.4 Å². The molecule has 13 aromatic rings. The molecule has 0 heterocycles. The molecule has 0 amide bonds. The molecule has 13 rings (SSSR count). The molecule has 8 heteroatoms. The van der Waals surface area contributed by atoms with Gasteiger partial charge in [-0.25, -0.2) is 0 Å². The number of fused-ring (bicyclic) bond motifs is 4. The first-order valence-corrected chi connectivity index (χ1v) is 38.1. The van der Waals surface area contributed by atoms with Gasteiger partial charge in [-0.1, -0.05) is 201 Å². The third kappa shape index (κ3) is 10.8. The fraction of sp³-hybridized carbons (Fsp3) is 0.146. The molecule has 90 heavy (non-hydrogen) atoms. The fourth-order valence-electron chi connectivity index (χ4n) is 14.1. The van der Waals surface area contributed by atoms with Crippen molar-refractivity contribution in [1.82, 2.24) is 0 Å². The van der Waals surface area contributed by atoms with Crippen LogP contribution in [0, 0.1) is 0 Å². The predicted octanol–water partition coefficient (Wildman–Crippen LogP) is 24.6. The normalized spacial score (nSPS) is 12.1. The molecule has 0 N–H and O–H groups in total. The van der Waals surface area contributed by atoms with Gasteiger partial charge in [-0.2, -0.15) is 22.2 Å². The van der Waals surface area contributed by atoms with Crippen LogP contribution in [-0.2, 0) is 0 Å². The van der Waals surface area contributed by atoms with E-state index in [1.807, 2.05) is 0 Å². The standard InChI is InChI=1S/C82H76Cl2N4Si2/c1-57(2)89(83,58(3)4)81-73-49-61-53-77(85(65-33-17-9-18-34-65)66-35-19-10-20-36-66)79(87(69-41-25-13-26-42-69)70-43-27-14-28-44-70)55-63(61)51-75(73)82(90(84,59(5)6)60(7)8)76-52-64-56-80(88(71-45-29-15-30-46-71)72-47-31-16-32-48-72)78(54-62(64)50-74(76)81)86(67-37-21-11-22-38-67)68-39-23-12-24-40-68/h9-60H,1-8H3. The van der Waals surface area contributed by atoms with E-state index in [-0.39, 0.29) is 22.2 Å². The summed E-state index contributed by atoms with van der Waals surface area (Å²) in [4.78, 5) is 9.68. The summed E-state index contributed by atoms with van der Waals surface area (Å²) in [5.41, 5.74) is 13.3. The minimum atomic E-state index is -3.03. The van der Waals surface area contributed by atoms with E-state index in [4.69, 9.17) is 22.2 Å². The SMILES string of the molecule is CC(C)[Si](Cl)(c1c2cc3cc(N(c4ccccc4)c4ccccc4)c(N(c4ccccc4)c4ccccc4)cc3cc2c([Si](Cl)(C(C)C)C(C)C)c2cc3cc(N(c4ccccc4)c4ccccc4)c(N(c4ccccc4)c4ccccc4)cc3cc12)C(C)C. The molecule has 0 fully saturated rings. The van der Waals surface area contributed by atoms with Crippen LogP contribution >= 0.6 is 22.2 Å². The largest absolute Gasteiger partial charge is 0.308 e. The molecule has 0 atom stereocenters. The second-order valence-corrected chi connectivity index (χ2v) is 37.5. The maximum Gasteiger partial charge on any atom is 0.193 e. The Hall–Kier alpha value is -8.89. The first-order chi connectivity index (χ1) is 43.7. The Bertz CT molecular complexity index is 3890. The van der Waals surface area contributed by atoms with E-state index in [9.17, 15) is 0 Å². The van der Waals surface area contributed by atoms with E-state index < -0.39 is 14.8 Å². The average Bonchev–Trinajstić information content (AvgIpc) is 0.699. The first-order valence-electron chi connectivity index (χ1n) is 31.7. The fourth-order valence-corrected chi connectivity index (χ4v) is 22.8. The van der Waals surface area contributed by atoms with Crippen molar-refractivity contribution in [3.63, 3.8) is 0 Å². The molecule has 446 valence electrons. The monoisotopic (exact) mass is 1240 g/mol. The van der Waals surface area contributed by atoms with Gasteiger partial charge < -0.3 is 19.6 Å². The lowest BCUT2D eigenvalue weighted by atomic mass is 9.95. The molecule has 0 saturated heterocycles. The molecule has 0 aliphatic heterocycles. The molecule has 0 aliphatic rings. The van der Waals surface area contributed by atoms with Gasteiger partial charge in [0.2, 0.25) is 0 Å². The van der Waals surface area contributed by atoms with Crippen LogP contribution in [0.2, 0.25) is 22.2 Å². The highest BCUT2D eigenvalue weighted by molar-refractivity contribution is 7.31. The van der Waals surface area contributed by atoms with Gasteiger partial charge in [-0.15, -0.1) is 0 Å². The number of para-hydroxylation sites is 8. The summed E-state index contributed by atoms with van der Waals surface area (Å²) < 4.78 is 0. The van der Waals surface area contributed by atoms with Crippen LogP contribution in [0.25, 0.3) is 43.1 Å². The summed E-state index contributed by atoms with van der Waals surface area (Å²) in [5, 5.41) is 11.8. The zero-order valence-electron chi connectivity index (χ0n) is 52.6. The van der Waals surface area contributed by atoms with Crippen LogP contribution in [0.4, 0.5) is 68.2 Å². The Balaban J connectivity index is 1.22. The number of hydrogen-bond donors (Lipinski definition) is 0. The topological polar surface area (TPSA) is 13.0 Å². The highest BCUT2D eigenvalue weighted by Crippen LogP contribution is 2.52. The smallest absolute Gasteiger partial charge is 0.193 e. The Morgan fingerprint density at radius 3 is 0.500 bits per heavy atom. The zero-order valence-corrected chi connectivity index (χ0v) is 56.1. The van der Waals surface area contributed by atoms with E-state index in [2.05, 4.69) is 366 Å². The molecule has 0 saturated carbocycles. The van der Waals surface area contributed by atoms with Gasteiger partial charge >= 0.3 is 0 Å². The van der Waals surface area contributed by atoms with Gasteiger partial charge in [-0.05, 0) is 221 Å². The maximum absolute atomic E-state index is 8.86. The van der Waals surface area contributed by atoms with Gasteiger partial charge in [0.05, 0.1) is 22.7 Å². The highest BCUT2D eigenvalue weighted by atomic mass is 35.6. The third-order valence-corrected chi connectivity index (χ3v) is 34.1. The lowest BCUT2D eigenvalue weighted by molar-refractivity contribution is 0.940. The number of anilines is 12. The second kappa shape index (κ2) is 25.2. The highest BCUT2D eigenvalue weighted by Gasteiger charge is 2.47. The van der Waals surface area contributed by atoms with E-state index >= 15 is 0 Å². The quantitative estimate of drug-likeness (QED) is 0.0482. The van der Waals surface area contributed by atoms with Crippen LogP contribution < -0.4 is 30.0 Å². The Kier molecular flexibility index (Phi) is 16.8. The molecule has 0 aromatic heterocycles. The molecular formula is C82H76Cl2N4Si2. The van der Waals surface area contributed by atoms with Crippen molar-refractivity contribution in [2.45, 2.75) is 77.6 Å². The molecular weight excluding hydrogens is 1170 g/mol. The van der Waals surface area contributed by atoms with Gasteiger partial charge in [0.15, 0.2) is 14.8 Å². The summed E-state index contributed by atoms with van der Waals surface area (Å²) in [5.74, 6) is 0. The van der Waals surface area contributed by atoms with Crippen molar-refractivity contribution in [2.24, 2.45) is 0 Å². The van der Waals surface area contributed by atoms with E-state index in [1.54, 1.807) is 0 Å². The van der Waals surface area contributed by atoms with Crippen LogP contribution in [0.3, 0.4) is 0 Å². The average molecular weight is 1240 g/mol. The molecule has 0 spiro atoms. The minimum absolute atomic E-state index is 0.167. The molecule has 0 unspecified atom stereocenters. The lowest BCUT2D eigenvalue weighted by Crippen LogP contribution is -2.52. The summed E-state index contributed by atoms with van der Waals surface area (Å²) >= 11 is 17.7. The molecule has 13 aromatic carbocycles. The summed E-state index contributed by atoms with van der Waals surface area (Å²) in [6, 6.07) is 106. The Labute approximate surface area is 543 Å². The summed E-state index contributed by atoms with van der Waals surface area (Å²) in [6.45, 7) is 18.9. The molecule has 4 nitrogen and oxygen atoms in total. The van der Waals surface area contributed by atoms with Gasteiger partial charge in [0.1, 0.15) is 0 Å². The van der Waals surface area contributed by atoms with Gasteiger partial charge in [0, 0.05) is 45.5 Å². The molecule has 0 aliphatic carbocycles. The maximum atomic E-state index is 8.86. The molecule has 0 bridgehead atoms. The Morgan fingerprint density at radius 1 is 0.222 bits per heavy atom. The number of halogens is 2. The van der Waals surface area contributed by atoms with E-state index in [1.165, 1.54) is 31.9 Å². The lowest BCUT2D eigenvalue weighted by Gasteiger charge is -2.39. The van der Waals surface area contributed by atoms with Crippen molar-refractivity contribution >= 4 is 159 Å². The summed E-state index contributed by atoms with van der Waals surface area (Å²) in [7, 11) is -6.06. The predicted molar refractivity (Wildman–Crippen MR) is 398 cm³/mol. The number of nitrogens with zero attached hydrogens (tertiary/aromatic N) is 4. The van der Waals surface area contributed by atoms with Gasteiger partial charge in [-0.3, -0.25) is 0 Å². The minimum Gasteiger partial charge on any atom is -0.308 e. The zero-order chi connectivity index (χ0) is 62.3. The van der Waals surface area contributed by atoms with E-state index in [0.29, 0.717) is 0 Å². The molecule has 0 radical (unpaired) electrons. The van der Waals surface area contributed by atoms with Crippen LogP contribution in [-0.4, -0.2) is 14.8 Å².